The van der Waals surface area contributed by atoms with Crippen molar-refractivity contribution in [2.45, 2.75) is 14.9 Å². The van der Waals surface area contributed by atoms with Gasteiger partial charge in [-0.05, 0) is 188 Å². The fraction of sp³-hybridized carbons (Fsp3) is 0.0556. The third-order valence-corrected chi connectivity index (χ3v) is 17.8. The Bertz CT molecular complexity index is 6570. The Kier molecular flexibility index (Phi) is 36.2. The second-order valence-electron chi connectivity index (χ2n) is 26.0. The number of benzene rings is 10. The van der Waals surface area contributed by atoms with Crippen molar-refractivity contribution in [3.05, 3.63) is 410 Å². The standard InChI is InChI=1S/C18H13FN2O4.C18H15FN2O2.C17H12ClFN2O.C17H13FN2O2.C12H10FNO2.C6H6BNO4.2CH4.Cl3OP.H2/c1-25-17-10-18(22)20(14-3-2-4-15(9-14)21(23)24)11-16(17)12-5-7-13(19)8-6-12;1-23-17-10-18(22)21(15-4-2-3-14(20)9-15)11-16(17)12-5-7-13(19)8-6-12;18-16-9-17(22)21(14-3-1-2-13(20)8-14)10-15(16)11-4-6-12(19)7-5-11;18-12-6-4-11(5-7-12)15-10-20(17(22)9-16(15)21)14-3-1-2-13(19)8-14;1-16-11-6-12(15)14-7-10(11)8-2-4-9(13)5-3-8;9-7(10)5-2-1-3-6(4-5)8(11)12;;;1-5(2,3)4;/h2-11H,1H3;2-11H,20H2,1H3;1-10H,20H2;1-10,21H,19H2;2-7H,1H3,(H,14,15);1-4,9-10H;2*1H4;;1H. The van der Waals surface area contributed by atoms with Gasteiger partial charge >= 0.3 is 12.3 Å². The number of nitrogens with one attached hydrogen (secondary N) is 1. The number of non-ortho nitro benzene ring substituents is 2. The minimum atomic E-state index is -3.22. The number of halogens is 9. The van der Waals surface area contributed by atoms with Gasteiger partial charge in [0, 0.05) is 132 Å². The summed E-state index contributed by atoms with van der Waals surface area (Å²) in [4.78, 5) is 82.7. The Morgan fingerprint density at radius 1 is 0.402 bits per heavy atom. The van der Waals surface area contributed by atoms with E-state index in [0.29, 0.717) is 95.5 Å². The molecule has 127 heavy (non-hydrogen) atoms. The molecule has 0 aliphatic rings. The molecule has 15 rings (SSSR count). The molecule has 0 aliphatic heterocycles. The molecule has 0 saturated carbocycles. The van der Waals surface area contributed by atoms with Crippen LogP contribution in [0.25, 0.3) is 78.4 Å². The van der Waals surface area contributed by atoms with Gasteiger partial charge in [0.15, 0.2) is 0 Å². The normalized spacial score (nSPS) is 10.3. The van der Waals surface area contributed by atoms with Crippen molar-refractivity contribution in [2.24, 2.45) is 0 Å². The third kappa shape index (κ3) is 28.5. The van der Waals surface area contributed by atoms with Crippen LogP contribution in [0.3, 0.4) is 0 Å². The number of pyridine rings is 5. The number of H-pyrrole nitrogens is 1. The number of aromatic nitrogens is 5. The number of hydrogen-bond acceptors (Lipinski definition) is 19. The number of anilines is 3. The molecule has 10 aromatic carbocycles. The first-order valence-electron chi connectivity index (χ1n) is 36.2. The summed E-state index contributed by atoms with van der Waals surface area (Å²) < 4.78 is 95.9. The van der Waals surface area contributed by atoms with Crippen LogP contribution in [-0.4, -0.2) is 76.7 Å². The molecular weight excluding hydrogens is 1760 g/mol. The average molecular weight is 1840 g/mol. The first-order chi connectivity index (χ1) is 59.5. The van der Waals surface area contributed by atoms with Gasteiger partial charge in [-0.15, -0.1) is 0 Å². The number of ether oxygens (including phenoxy) is 3. The largest absolute Gasteiger partial charge is 0.507 e. The Hall–Kier alpha value is -14.6. The highest BCUT2D eigenvalue weighted by atomic mass is 36.0. The van der Waals surface area contributed by atoms with Gasteiger partial charge in [-0.25, -0.2) is 22.0 Å². The van der Waals surface area contributed by atoms with E-state index in [1.165, 1.54) is 173 Å². The zero-order chi connectivity index (χ0) is 90.9. The number of aromatic amines is 1. The number of nitrogens with two attached hydrogens (primary N) is 3. The molecule has 0 atom stereocenters. The smallest absolute Gasteiger partial charge is 0.488 e. The molecule has 0 amide bonds. The number of aromatic hydroxyl groups is 1. The summed E-state index contributed by atoms with van der Waals surface area (Å²) in [5.74, 6) is -0.623. The van der Waals surface area contributed by atoms with Gasteiger partial charge in [0.05, 0.1) is 58.9 Å². The number of methoxy groups -OCH3 is 3. The lowest BCUT2D eigenvalue weighted by atomic mass is 9.80. The first-order valence-corrected chi connectivity index (χ1v) is 41.0. The van der Waals surface area contributed by atoms with E-state index in [-0.39, 0.29) is 90.2 Å². The summed E-state index contributed by atoms with van der Waals surface area (Å²) in [6.45, 7) is 0. The third-order valence-electron chi connectivity index (χ3n) is 17.5. The maximum Gasteiger partial charge on any atom is 0.488 e. The van der Waals surface area contributed by atoms with Crippen molar-refractivity contribution in [2.75, 3.05) is 38.5 Å². The van der Waals surface area contributed by atoms with E-state index in [9.17, 15) is 75.8 Å². The summed E-state index contributed by atoms with van der Waals surface area (Å²) in [6, 6.07) is 67.7. The molecule has 5 aromatic heterocycles. The highest BCUT2D eigenvalue weighted by Crippen LogP contribution is 2.61. The molecule has 5 heterocycles. The van der Waals surface area contributed by atoms with Crippen molar-refractivity contribution in [3.63, 3.8) is 0 Å². The molecule has 0 unspecified atom stereocenters. The highest BCUT2D eigenvalue weighted by molar-refractivity contribution is 8.24. The Morgan fingerprint density at radius 3 is 1.03 bits per heavy atom. The van der Waals surface area contributed by atoms with Gasteiger partial charge in [0.1, 0.15) is 52.1 Å². The van der Waals surface area contributed by atoms with Gasteiger partial charge in [-0.1, -0.05) is 124 Å². The lowest BCUT2D eigenvalue weighted by molar-refractivity contribution is -0.385. The molecule has 0 spiro atoms. The molecule has 0 saturated heterocycles. The molecule has 26 nitrogen and oxygen atoms in total. The maximum absolute atomic E-state index is 13.2. The molecule has 0 radical (unpaired) electrons. The van der Waals surface area contributed by atoms with Crippen LogP contribution in [0.2, 0.25) is 5.02 Å². The lowest BCUT2D eigenvalue weighted by Crippen LogP contribution is -2.29. The maximum atomic E-state index is 13.2. The van der Waals surface area contributed by atoms with Crippen molar-refractivity contribution in [3.8, 4) is 101 Å². The average Bonchev–Trinajstić information content (AvgIpc) is 0.798. The molecule has 656 valence electrons. The van der Waals surface area contributed by atoms with Crippen LogP contribution in [0.5, 0.6) is 23.0 Å². The summed E-state index contributed by atoms with van der Waals surface area (Å²) in [5.41, 5.74) is 26.1. The van der Waals surface area contributed by atoms with Crippen LogP contribution in [0, 0.1) is 49.3 Å². The van der Waals surface area contributed by atoms with Crippen LogP contribution >= 0.6 is 50.5 Å². The van der Waals surface area contributed by atoms with Gasteiger partial charge in [0.2, 0.25) is 0 Å². The number of nitrogen functional groups attached to an aromatic ring is 3. The number of hydrogen-bond donors (Lipinski definition) is 7. The van der Waals surface area contributed by atoms with Crippen molar-refractivity contribution < 1.29 is 67.2 Å². The number of rotatable bonds is 15. The Labute approximate surface area is 742 Å². The summed E-state index contributed by atoms with van der Waals surface area (Å²) in [6.07, 6.45) is 7.89. The van der Waals surface area contributed by atoms with Gasteiger partial charge in [-0.3, -0.25) is 67.0 Å². The second kappa shape index (κ2) is 46.2. The second-order valence-corrected chi connectivity index (χ2v) is 33.0. The van der Waals surface area contributed by atoms with Crippen LogP contribution in [0.1, 0.15) is 16.3 Å². The summed E-state index contributed by atoms with van der Waals surface area (Å²) in [5, 5.41) is 45.6. The fourth-order valence-electron chi connectivity index (χ4n) is 11.7. The molecule has 37 heteroatoms. The molecule has 15 aromatic rings. The molecular formula is C90H79BCl4F5N10O16P. The molecule has 0 bridgehead atoms. The van der Waals surface area contributed by atoms with E-state index in [2.05, 4.69) is 38.7 Å². The van der Waals surface area contributed by atoms with E-state index in [1.54, 1.807) is 158 Å². The number of nitrogens with zero attached hydrogens (tertiary/aromatic N) is 6. The molecule has 0 aliphatic carbocycles. The van der Waals surface area contributed by atoms with Gasteiger partial charge in [-0.2, -0.15) is 0 Å². The minimum Gasteiger partial charge on any atom is -0.507 e. The van der Waals surface area contributed by atoms with Crippen LogP contribution in [-0.2, 0) is 4.57 Å². The fourth-order valence-corrected chi connectivity index (χ4v) is 11.9. The molecule has 0 fully saturated rings. The monoisotopic (exact) mass is 1830 g/mol. The number of nitro groups is 2. The van der Waals surface area contributed by atoms with E-state index in [1.807, 2.05) is 0 Å². The predicted molar refractivity (Wildman–Crippen MR) is 492 cm³/mol. The highest BCUT2D eigenvalue weighted by Gasteiger charge is 2.19. The van der Waals surface area contributed by atoms with Crippen LogP contribution in [0.4, 0.5) is 50.4 Å². The predicted octanol–water partition coefficient (Wildman–Crippen LogP) is 19.4. The van der Waals surface area contributed by atoms with E-state index >= 15 is 0 Å². The SMILES string of the molecule is C.C.COc1cc(=O)[nH]cc1-c1ccc(F)cc1.COc1cc(=O)n(-c2cccc(N)c2)cc1-c1ccc(F)cc1.COc1cc(=O)n(-c2cccc([N+](=O)[O-])c2)cc1-c1ccc(F)cc1.Nc1cccc(-n2cc(-c3ccc(F)cc3)c(Cl)cc2=O)c1.Nc1cccc(-n2cc(-c3ccc(F)cc3)c(O)cc2=O)c1.O=P(Cl)(Cl)Cl.O=[N+]([O-])c1cccc(B(O)O)c1.[HH]. The minimum absolute atomic E-state index is 0. The Morgan fingerprint density at radius 2 is 0.685 bits per heavy atom. The van der Waals surface area contributed by atoms with Gasteiger partial charge < -0.3 is 51.6 Å². The first kappa shape index (κ1) is 99.5. The summed E-state index contributed by atoms with van der Waals surface area (Å²) >= 11 is 20.0. The van der Waals surface area contributed by atoms with Gasteiger partial charge in [0.25, 0.3) is 39.2 Å². The lowest BCUT2D eigenvalue weighted by Gasteiger charge is -2.13. The van der Waals surface area contributed by atoms with E-state index in [0.717, 1.165) is 34.4 Å². The van der Waals surface area contributed by atoms with E-state index < -0.39 is 27.7 Å². The van der Waals surface area contributed by atoms with Crippen LogP contribution < -0.4 is 64.7 Å². The zero-order valence-electron chi connectivity index (χ0n) is 65.4. The topological polar surface area (TPSA) is 391 Å². The van der Waals surface area contributed by atoms with Crippen LogP contribution in [0.15, 0.2) is 328 Å². The van der Waals surface area contributed by atoms with Crippen molar-refractivity contribution in [1.29, 1.82) is 0 Å². The number of nitro benzene ring substituents is 2. The van der Waals surface area contributed by atoms with Crippen molar-refractivity contribution in [1.82, 2.24) is 23.3 Å². The molecule has 10 N–H and O–H groups in total. The summed E-state index contributed by atoms with van der Waals surface area (Å²) in [7, 11) is 2.75. The van der Waals surface area contributed by atoms with Crippen molar-refractivity contribution >= 4 is 91.5 Å². The van der Waals surface area contributed by atoms with E-state index in [4.69, 9.17) is 53.1 Å². The quantitative estimate of drug-likeness (QED) is 0.0125. The Balaban J connectivity index is 0.000000236. The zero-order valence-corrected chi connectivity index (χ0v) is 69.3.